The van der Waals surface area contributed by atoms with Gasteiger partial charge in [-0.25, -0.2) is 22.8 Å². The second kappa shape index (κ2) is 11.2. The van der Waals surface area contributed by atoms with Gasteiger partial charge in [-0.2, -0.15) is 10.2 Å². The molecule has 1 amide bonds. The Morgan fingerprint density at radius 2 is 1.82 bits per heavy atom. The first kappa shape index (κ1) is 28.9. The monoisotopic (exact) mass is 614 g/mol. The molecule has 0 saturated carbocycles. The number of hydrogen-bond donors (Lipinski definition) is 1. The molecule has 3 aromatic heterocycles. The van der Waals surface area contributed by atoms with Crippen LogP contribution in [0.3, 0.4) is 0 Å². The van der Waals surface area contributed by atoms with Gasteiger partial charge in [0.2, 0.25) is 0 Å². The maximum Gasteiger partial charge on any atom is 0.256 e. The van der Waals surface area contributed by atoms with Crippen LogP contribution in [-0.4, -0.2) is 77.0 Å². The maximum atomic E-state index is 15.0. The van der Waals surface area contributed by atoms with Gasteiger partial charge < -0.3 is 10.0 Å². The van der Waals surface area contributed by atoms with E-state index in [4.69, 9.17) is 5.10 Å². The number of amides is 1. The minimum absolute atomic E-state index is 0.0380. The van der Waals surface area contributed by atoms with Gasteiger partial charge in [-0.3, -0.25) is 19.4 Å². The summed E-state index contributed by atoms with van der Waals surface area (Å²) in [7, 11) is 1.73. The van der Waals surface area contributed by atoms with Gasteiger partial charge >= 0.3 is 0 Å². The lowest BCUT2D eigenvalue weighted by Crippen LogP contribution is -2.44. The van der Waals surface area contributed by atoms with E-state index in [1.165, 1.54) is 35.5 Å². The van der Waals surface area contributed by atoms with E-state index in [1.807, 2.05) is 15.8 Å². The van der Waals surface area contributed by atoms with Crippen LogP contribution in [-0.2, 0) is 18.7 Å². The fourth-order valence-corrected chi connectivity index (χ4v) is 6.38. The van der Waals surface area contributed by atoms with Crippen molar-refractivity contribution in [3.8, 4) is 22.4 Å². The minimum Gasteiger partial charge on any atom is -0.382 e. The van der Waals surface area contributed by atoms with Gasteiger partial charge in [-0.1, -0.05) is 6.07 Å². The summed E-state index contributed by atoms with van der Waals surface area (Å²) in [5.41, 5.74) is 2.14. The number of aliphatic hydroxyl groups is 1. The second-order valence-electron chi connectivity index (χ2n) is 11.6. The lowest BCUT2D eigenvalue weighted by Gasteiger charge is -2.33. The fourth-order valence-electron chi connectivity index (χ4n) is 6.38. The molecule has 2 atom stereocenters. The van der Waals surface area contributed by atoms with Gasteiger partial charge in [-0.05, 0) is 42.8 Å². The molecule has 2 aromatic carbocycles. The zero-order valence-corrected chi connectivity index (χ0v) is 24.3. The third-order valence-electron chi connectivity index (χ3n) is 8.55. The molecule has 0 bridgehead atoms. The lowest BCUT2D eigenvalue weighted by atomic mass is 9.92. The predicted octanol–water partition coefficient (Wildman–Crippen LogP) is 4.04. The van der Waals surface area contributed by atoms with Gasteiger partial charge in [-0.15, -0.1) is 0 Å². The summed E-state index contributed by atoms with van der Waals surface area (Å²) in [5.74, 6) is -2.08. The van der Waals surface area contributed by atoms with Crippen molar-refractivity contribution in [1.82, 2.24) is 39.3 Å². The molecule has 5 heterocycles. The fraction of sp³-hybridized carbons (Fsp3) is 0.281. The minimum atomic E-state index is -1.74. The van der Waals surface area contributed by atoms with E-state index < -0.39 is 17.2 Å². The van der Waals surface area contributed by atoms with Gasteiger partial charge in [0.1, 0.15) is 41.4 Å². The number of aromatic nitrogens is 6. The zero-order chi connectivity index (χ0) is 31.3. The highest BCUT2D eigenvalue weighted by molar-refractivity contribution is 6.05. The van der Waals surface area contributed by atoms with E-state index in [0.29, 0.717) is 54.1 Å². The summed E-state index contributed by atoms with van der Waals surface area (Å²) in [6, 6.07) is 10.9. The van der Waals surface area contributed by atoms with E-state index in [1.54, 1.807) is 36.3 Å². The number of hydrogen-bond acceptors (Lipinski definition) is 7. The molecule has 1 fully saturated rings. The Kier molecular flexibility index (Phi) is 7.21. The molecule has 0 radical (unpaired) electrons. The molecule has 7 rings (SSSR count). The normalized spacial score (nSPS) is 18.0. The molecule has 2 unspecified atom stereocenters. The molecule has 45 heavy (non-hydrogen) atoms. The van der Waals surface area contributed by atoms with Crippen molar-refractivity contribution in [3.05, 3.63) is 108 Å². The number of likely N-dealkylation sites (tertiary alicyclic amines) is 1. The molecule has 5 aromatic rings. The van der Waals surface area contributed by atoms with Crippen LogP contribution >= 0.6 is 0 Å². The van der Waals surface area contributed by atoms with Crippen molar-refractivity contribution in [3.63, 3.8) is 0 Å². The third-order valence-corrected chi connectivity index (χ3v) is 8.55. The van der Waals surface area contributed by atoms with Crippen molar-refractivity contribution < 1.29 is 23.1 Å². The number of halogens is 3. The molecule has 2 aliphatic rings. The van der Waals surface area contributed by atoms with Crippen LogP contribution in [0, 0.1) is 17.5 Å². The average Bonchev–Trinajstić information content (AvgIpc) is 3.82. The second-order valence-corrected chi connectivity index (χ2v) is 11.6. The van der Waals surface area contributed by atoms with Crippen LogP contribution in [0.5, 0.6) is 0 Å². The molecule has 0 aliphatic carbocycles. The van der Waals surface area contributed by atoms with Crippen LogP contribution in [0.2, 0.25) is 0 Å². The quantitative estimate of drug-likeness (QED) is 0.281. The topological polar surface area (TPSA) is 105 Å². The van der Waals surface area contributed by atoms with Crippen LogP contribution in [0.4, 0.5) is 13.2 Å². The largest absolute Gasteiger partial charge is 0.382 e. The standard InChI is InChI=1S/C32H29F3N8O2/c1-40-15-28-29(31(40)44)24(8-10-37-28)25-14-43(39-30(25)20-2-4-21(33)5-3-20)23-9-11-41(13-23)16-32(45,17-42-19-36-18-38-42)26-7-6-22(34)12-27(26)35/h2-8,10,12,14,18-19,23,45H,9,11,13,15-17H2,1H3. The molecule has 10 nitrogen and oxygen atoms in total. The summed E-state index contributed by atoms with van der Waals surface area (Å²) in [6.45, 7) is 1.41. The molecule has 0 spiro atoms. The number of carbonyl (C=O) groups excluding carboxylic acids is 1. The first-order chi connectivity index (χ1) is 21.7. The van der Waals surface area contributed by atoms with Crippen molar-refractivity contribution in [2.24, 2.45) is 0 Å². The lowest BCUT2D eigenvalue weighted by molar-refractivity contribution is -0.0171. The summed E-state index contributed by atoms with van der Waals surface area (Å²) in [5, 5.41) is 20.9. The molecule has 230 valence electrons. The smallest absolute Gasteiger partial charge is 0.256 e. The van der Waals surface area contributed by atoms with Gasteiger partial charge in [0.25, 0.3) is 5.91 Å². The predicted molar refractivity (Wildman–Crippen MR) is 157 cm³/mol. The van der Waals surface area contributed by atoms with E-state index in [-0.39, 0.29) is 36.4 Å². The van der Waals surface area contributed by atoms with E-state index in [9.17, 15) is 23.1 Å². The Bertz CT molecular complexity index is 1880. The number of nitrogens with zero attached hydrogens (tertiary/aromatic N) is 8. The Morgan fingerprint density at radius 3 is 2.58 bits per heavy atom. The molecule has 1 N–H and O–H groups in total. The van der Waals surface area contributed by atoms with E-state index in [0.717, 1.165) is 17.7 Å². The van der Waals surface area contributed by atoms with Crippen molar-refractivity contribution in [2.45, 2.75) is 31.2 Å². The Balaban J connectivity index is 1.22. The third kappa shape index (κ3) is 5.38. The van der Waals surface area contributed by atoms with Crippen LogP contribution < -0.4 is 0 Å². The Morgan fingerprint density at radius 1 is 1.02 bits per heavy atom. The summed E-state index contributed by atoms with van der Waals surface area (Å²) >= 11 is 0. The molecule has 13 heteroatoms. The van der Waals surface area contributed by atoms with E-state index >= 15 is 0 Å². The molecule has 1 saturated heterocycles. The summed E-state index contributed by atoms with van der Waals surface area (Å²) < 4.78 is 45.9. The number of pyridine rings is 1. The summed E-state index contributed by atoms with van der Waals surface area (Å²) in [4.78, 5) is 25.1. The number of fused-ring (bicyclic) bond motifs is 1. The highest BCUT2D eigenvalue weighted by Crippen LogP contribution is 2.38. The van der Waals surface area contributed by atoms with Crippen LogP contribution in [0.1, 0.15) is 34.1 Å². The molecular weight excluding hydrogens is 585 g/mol. The highest BCUT2D eigenvalue weighted by Gasteiger charge is 2.38. The first-order valence-electron chi connectivity index (χ1n) is 14.5. The van der Waals surface area contributed by atoms with E-state index in [2.05, 4.69) is 15.1 Å². The highest BCUT2D eigenvalue weighted by atomic mass is 19.1. The summed E-state index contributed by atoms with van der Waals surface area (Å²) in [6.07, 6.45) is 7.00. The number of benzene rings is 2. The van der Waals surface area contributed by atoms with Crippen molar-refractivity contribution in [1.29, 1.82) is 0 Å². The zero-order valence-electron chi connectivity index (χ0n) is 24.3. The Labute approximate surface area is 256 Å². The van der Waals surface area contributed by atoms with Crippen molar-refractivity contribution >= 4 is 5.91 Å². The van der Waals surface area contributed by atoms with Gasteiger partial charge in [0.15, 0.2) is 0 Å². The van der Waals surface area contributed by atoms with Gasteiger partial charge in [0.05, 0.1) is 30.4 Å². The van der Waals surface area contributed by atoms with Crippen LogP contribution in [0.25, 0.3) is 22.4 Å². The molecule has 2 aliphatic heterocycles. The van der Waals surface area contributed by atoms with Crippen LogP contribution in [0.15, 0.2) is 73.6 Å². The average molecular weight is 615 g/mol. The maximum absolute atomic E-state index is 15.0. The number of β-amino-alcohol motifs (C(OH)–C–C–N with tert-alkyl or cyclic N) is 1. The SMILES string of the molecule is CN1Cc2nccc(-c3cn(C4CCN(CC(O)(Cn5cncn5)c5ccc(F)cc5F)C4)nc3-c3ccc(F)cc3)c2C1=O. The molecular formula is C32H29F3N8O2. The van der Waals surface area contributed by atoms with Crippen molar-refractivity contribution in [2.75, 3.05) is 26.7 Å². The first-order valence-corrected chi connectivity index (χ1v) is 14.5. The number of carbonyl (C=O) groups is 1. The number of rotatable bonds is 8. The van der Waals surface area contributed by atoms with Gasteiger partial charge in [0, 0.05) is 67.4 Å². The Hall–Kier alpha value is -4.88.